The molecule has 0 saturated carbocycles. The molecule has 2 heterocycles. The molecule has 6 heteroatoms. The summed E-state index contributed by atoms with van der Waals surface area (Å²) >= 11 is 0. The van der Waals surface area contributed by atoms with Crippen LogP contribution in [0.5, 0.6) is 0 Å². The average Bonchev–Trinajstić information content (AvgIpc) is 3.16. The zero-order valence-electron chi connectivity index (χ0n) is 15.2. The van der Waals surface area contributed by atoms with Gasteiger partial charge < -0.3 is 9.51 Å². The van der Waals surface area contributed by atoms with Crippen LogP contribution < -0.4 is 5.69 Å². The maximum absolute atomic E-state index is 12.1. The molecule has 0 unspecified atom stereocenters. The number of hydrogen-bond acceptors (Lipinski definition) is 4. The number of H-pyrrole nitrogens is 1. The van der Waals surface area contributed by atoms with Crippen LogP contribution in [0.2, 0.25) is 0 Å². The zero-order chi connectivity index (χ0) is 18.4. The van der Waals surface area contributed by atoms with Crippen molar-refractivity contribution in [2.45, 2.75) is 33.7 Å². The highest BCUT2D eigenvalue weighted by Crippen LogP contribution is 2.26. The molecule has 0 radical (unpaired) electrons. The SMILES string of the molecule is Cc1cc(C)cc(-c2nc(-c3ccc4c(c3)[nH]c(=O)n4C(C)C)no2)c1. The summed E-state index contributed by atoms with van der Waals surface area (Å²) in [7, 11) is 0. The van der Waals surface area contributed by atoms with E-state index in [1.54, 1.807) is 4.57 Å². The minimum atomic E-state index is -0.115. The van der Waals surface area contributed by atoms with Crippen molar-refractivity contribution in [3.63, 3.8) is 0 Å². The van der Waals surface area contributed by atoms with E-state index >= 15 is 0 Å². The van der Waals surface area contributed by atoms with Crippen molar-refractivity contribution in [3.05, 3.63) is 58.0 Å². The standard InChI is InChI=1S/C20H20N4O2/c1-11(2)24-17-6-5-14(10-16(17)21-20(24)25)18-22-19(26-23-18)15-8-12(3)7-13(4)9-15/h5-11H,1-4H3,(H,21,25). The number of aromatic amines is 1. The van der Waals surface area contributed by atoms with Crippen molar-refractivity contribution in [3.8, 4) is 22.8 Å². The molecule has 0 saturated heterocycles. The maximum Gasteiger partial charge on any atom is 0.326 e. The third-order valence-electron chi connectivity index (χ3n) is 4.39. The van der Waals surface area contributed by atoms with E-state index in [0.717, 1.165) is 33.3 Å². The monoisotopic (exact) mass is 348 g/mol. The lowest BCUT2D eigenvalue weighted by Gasteiger charge is -2.06. The van der Waals surface area contributed by atoms with Crippen LogP contribution in [-0.2, 0) is 0 Å². The molecule has 0 atom stereocenters. The fourth-order valence-corrected chi connectivity index (χ4v) is 3.34. The van der Waals surface area contributed by atoms with E-state index in [1.807, 2.05) is 58.0 Å². The van der Waals surface area contributed by atoms with Crippen LogP contribution in [0.4, 0.5) is 0 Å². The molecule has 6 nitrogen and oxygen atoms in total. The van der Waals surface area contributed by atoms with Crippen LogP contribution in [0.3, 0.4) is 0 Å². The minimum Gasteiger partial charge on any atom is -0.334 e. The smallest absolute Gasteiger partial charge is 0.326 e. The summed E-state index contributed by atoms with van der Waals surface area (Å²) in [6.45, 7) is 8.05. The number of aromatic nitrogens is 4. The highest BCUT2D eigenvalue weighted by atomic mass is 16.5. The molecule has 0 aliphatic rings. The molecule has 0 spiro atoms. The molecule has 0 aliphatic heterocycles. The van der Waals surface area contributed by atoms with Crippen LogP contribution in [0.15, 0.2) is 45.7 Å². The third-order valence-corrected chi connectivity index (χ3v) is 4.39. The first-order valence-electron chi connectivity index (χ1n) is 8.59. The van der Waals surface area contributed by atoms with E-state index in [4.69, 9.17) is 4.52 Å². The topological polar surface area (TPSA) is 76.7 Å². The van der Waals surface area contributed by atoms with Gasteiger partial charge in [-0.1, -0.05) is 22.3 Å². The quantitative estimate of drug-likeness (QED) is 0.600. The lowest BCUT2D eigenvalue weighted by atomic mass is 10.1. The normalized spacial score (nSPS) is 11.6. The molecular formula is C20H20N4O2. The van der Waals surface area contributed by atoms with Crippen LogP contribution in [0.1, 0.15) is 31.0 Å². The summed E-state index contributed by atoms with van der Waals surface area (Å²) in [5.74, 6) is 0.986. The molecule has 0 bridgehead atoms. The van der Waals surface area contributed by atoms with Crippen LogP contribution >= 0.6 is 0 Å². The lowest BCUT2D eigenvalue weighted by Crippen LogP contribution is -2.18. The summed E-state index contributed by atoms with van der Waals surface area (Å²) in [6, 6.07) is 11.9. The van der Waals surface area contributed by atoms with E-state index in [1.165, 1.54) is 0 Å². The van der Waals surface area contributed by atoms with Gasteiger partial charge in [0.2, 0.25) is 5.82 Å². The van der Waals surface area contributed by atoms with Crippen LogP contribution in [0, 0.1) is 13.8 Å². The van der Waals surface area contributed by atoms with Gasteiger partial charge in [0.1, 0.15) is 0 Å². The largest absolute Gasteiger partial charge is 0.334 e. The van der Waals surface area contributed by atoms with E-state index in [-0.39, 0.29) is 11.7 Å². The Bertz CT molecular complexity index is 1140. The molecule has 0 fully saturated rings. The van der Waals surface area contributed by atoms with E-state index in [0.29, 0.717) is 11.7 Å². The van der Waals surface area contributed by atoms with Crippen molar-refractivity contribution in [2.75, 3.05) is 0 Å². The van der Waals surface area contributed by atoms with Crippen molar-refractivity contribution in [1.29, 1.82) is 0 Å². The predicted molar refractivity (Wildman–Crippen MR) is 101 cm³/mol. The number of imidazole rings is 1. The van der Waals surface area contributed by atoms with E-state index in [2.05, 4.69) is 21.2 Å². The highest BCUT2D eigenvalue weighted by Gasteiger charge is 2.14. The number of hydrogen-bond donors (Lipinski definition) is 1. The third kappa shape index (κ3) is 2.73. The van der Waals surface area contributed by atoms with Gasteiger partial charge in [0.05, 0.1) is 11.0 Å². The summed E-state index contributed by atoms with van der Waals surface area (Å²) in [5, 5.41) is 4.11. The fraction of sp³-hybridized carbons (Fsp3) is 0.250. The molecule has 4 rings (SSSR count). The van der Waals surface area contributed by atoms with Gasteiger partial charge in [-0.25, -0.2) is 4.79 Å². The number of benzene rings is 2. The number of fused-ring (bicyclic) bond motifs is 1. The number of aryl methyl sites for hydroxylation is 2. The Hall–Kier alpha value is -3.15. The number of nitrogens with zero attached hydrogens (tertiary/aromatic N) is 3. The second-order valence-corrected chi connectivity index (χ2v) is 6.93. The molecule has 0 amide bonds. The maximum atomic E-state index is 12.1. The predicted octanol–water partition coefficient (Wildman–Crippen LogP) is 4.24. The van der Waals surface area contributed by atoms with Crippen molar-refractivity contribution < 1.29 is 4.52 Å². The Morgan fingerprint density at radius 3 is 2.46 bits per heavy atom. The molecule has 1 N–H and O–H groups in total. The average molecular weight is 348 g/mol. The summed E-state index contributed by atoms with van der Waals surface area (Å²) in [4.78, 5) is 19.6. The van der Waals surface area contributed by atoms with Gasteiger partial charge in [-0.15, -0.1) is 0 Å². The first-order valence-corrected chi connectivity index (χ1v) is 8.59. The fourth-order valence-electron chi connectivity index (χ4n) is 3.34. The molecule has 4 aromatic rings. The van der Waals surface area contributed by atoms with E-state index < -0.39 is 0 Å². The van der Waals surface area contributed by atoms with Gasteiger partial charge in [-0.05, 0) is 58.0 Å². The molecule has 2 aromatic carbocycles. The molecular weight excluding hydrogens is 328 g/mol. The molecule has 2 aromatic heterocycles. The lowest BCUT2D eigenvalue weighted by molar-refractivity contribution is 0.432. The van der Waals surface area contributed by atoms with Gasteiger partial charge in [-0.3, -0.25) is 4.57 Å². The first-order chi connectivity index (χ1) is 12.4. The molecule has 0 aliphatic carbocycles. The van der Waals surface area contributed by atoms with Gasteiger partial charge in [-0.2, -0.15) is 4.98 Å². The van der Waals surface area contributed by atoms with Gasteiger partial charge in [0, 0.05) is 17.2 Å². The summed E-state index contributed by atoms with van der Waals surface area (Å²) in [6.07, 6.45) is 0. The minimum absolute atomic E-state index is 0.0865. The van der Waals surface area contributed by atoms with Gasteiger partial charge in [0.25, 0.3) is 5.89 Å². The second kappa shape index (κ2) is 5.98. The Labute approximate surface area is 150 Å². The van der Waals surface area contributed by atoms with Gasteiger partial charge in [0.15, 0.2) is 0 Å². The van der Waals surface area contributed by atoms with Crippen molar-refractivity contribution >= 4 is 11.0 Å². The zero-order valence-corrected chi connectivity index (χ0v) is 15.2. The Balaban J connectivity index is 1.77. The van der Waals surface area contributed by atoms with Crippen LogP contribution in [0.25, 0.3) is 33.9 Å². The Morgan fingerprint density at radius 1 is 1.04 bits per heavy atom. The van der Waals surface area contributed by atoms with E-state index in [9.17, 15) is 4.79 Å². The molecule has 26 heavy (non-hydrogen) atoms. The van der Waals surface area contributed by atoms with Crippen molar-refractivity contribution in [1.82, 2.24) is 19.7 Å². The summed E-state index contributed by atoms with van der Waals surface area (Å²) in [5.41, 5.74) is 5.51. The number of nitrogens with one attached hydrogen (secondary N) is 1. The highest BCUT2D eigenvalue weighted by molar-refractivity contribution is 5.81. The second-order valence-electron chi connectivity index (χ2n) is 6.93. The first kappa shape index (κ1) is 16.3. The molecule has 132 valence electrons. The van der Waals surface area contributed by atoms with Gasteiger partial charge >= 0.3 is 5.69 Å². The van der Waals surface area contributed by atoms with Crippen LogP contribution in [-0.4, -0.2) is 19.7 Å². The summed E-state index contributed by atoms with van der Waals surface area (Å²) < 4.78 is 7.19. The Kier molecular flexibility index (Phi) is 3.76. The Morgan fingerprint density at radius 2 is 1.77 bits per heavy atom. The number of rotatable bonds is 3. The van der Waals surface area contributed by atoms with Crippen molar-refractivity contribution in [2.24, 2.45) is 0 Å².